The van der Waals surface area contributed by atoms with Gasteiger partial charge in [-0.2, -0.15) is 0 Å². The summed E-state index contributed by atoms with van der Waals surface area (Å²) in [6.07, 6.45) is 0.483. The molecule has 1 unspecified atom stereocenters. The number of hydrogen-bond acceptors (Lipinski definition) is 0. The largest absolute Gasteiger partial charge is 0.282 e. The van der Waals surface area contributed by atoms with Crippen molar-refractivity contribution in [2.24, 2.45) is 0 Å². The van der Waals surface area contributed by atoms with Crippen LogP contribution in [0.2, 0.25) is 0 Å². The molecule has 0 aliphatic heterocycles. The Kier molecular flexibility index (Phi) is 1.98. The van der Waals surface area contributed by atoms with Crippen molar-refractivity contribution in [2.75, 3.05) is 0 Å². The van der Waals surface area contributed by atoms with Crippen molar-refractivity contribution in [3.63, 3.8) is 0 Å². The first-order valence-corrected chi connectivity index (χ1v) is 5.35. The molecule has 1 atom stereocenters. The molecular weight excluding hydrogens is 194 g/mol. The lowest BCUT2D eigenvalue weighted by atomic mass is 9.58. The molecule has 0 saturated carbocycles. The quantitative estimate of drug-likeness (QED) is 0.655. The highest BCUT2D eigenvalue weighted by Gasteiger charge is 2.62. The number of alkyl halides is 2. The van der Waals surface area contributed by atoms with Gasteiger partial charge in [0.25, 0.3) is 5.92 Å². The van der Waals surface area contributed by atoms with E-state index < -0.39 is 11.3 Å². The van der Waals surface area contributed by atoms with E-state index in [4.69, 9.17) is 0 Å². The average Bonchev–Trinajstić information content (AvgIpc) is 2.20. The van der Waals surface area contributed by atoms with Gasteiger partial charge in [0.05, 0.1) is 5.41 Å². The van der Waals surface area contributed by atoms with E-state index in [1.54, 1.807) is 19.1 Å². The van der Waals surface area contributed by atoms with Crippen LogP contribution in [-0.2, 0) is 11.3 Å². The maximum atomic E-state index is 13.9. The molecule has 0 saturated heterocycles. The van der Waals surface area contributed by atoms with E-state index in [2.05, 4.69) is 0 Å². The molecule has 1 aromatic rings. The molecule has 0 aromatic heterocycles. The number of benzene rings is 1. The molecule has 0 radical (unpaired) electrons. The number of aryl methyl sites for hydroxylation is 1. The zero-order chi connectivity index (χ0) is 11.4. The number of hydrogen-bond donors (Lipinski definition) is 0. The van der Waals surface area contributed by atoms with E-state index in [0.717, 1.165) is 16.7 Å². The molecule has 1 aliphatic carbocycles. The van der Waals surface area contributed by atoms with Gasteiger partial charge in [0.15, 0.2) is 0 Å². The third kappa shape index (κ3) is 1.000. The summed E-state index contributed by atoms with van der Waals surface area (Å²) in [7, 11) is 0. The van der Waals surface area contributed by atoms with Crippen molar-refractivity contribution in [2.45, 2.75) is 45.5 Å². The summed E-state index contributed by atoms with van der Waals surface area (Å²) in [5.41, 5.74) is 2.27. The summed E-state index contributed by atoms with van der Waals surface area (Å²) in [6, 6.07) is 3.37. The molecule has 0 N–H and O–H groups in total. The Bertz CT molecular complexity index is 421. The lowest BCUT2D eigenvalue weighted by Crippen LogP contribution is -2.51. The van der Waals surface area contributed by atoms with Crippen molar-refractivity contribution in [3.05, 3.63) is 34.4 Å². The molecule has 0 fully saturated rings. The highest BCUT2D eigenvalue weighted by Crippen LogP contribution is 2.61. The zero-order valence-corrected chi connectivity index (χ0v) is 9.62. The highest BCUT2D eigenvalue weighted by atomic mass is 19.3. The Balaban J connectivity index is 2.71. The summed E-state index contributed by atoms with van der Waals surface area (Å²) in [4.78, 5) is 0. The van der Waals surface area contributed by atoms with Crippen LogP contribution in [0.5, 0.6) is 0 Å². The van der Waals surface area contributed by atoms with Crippen molar-refractivity contribution >= 4 is 0 Å². The lowest BCUT2D eigenvalue weighted by molar-refractivity contribution is -0.114. The van der Waals surface area contributed by atoms with Crippen LogP contribution in [0.25, 0.3) is 0 Å². The summed E-state index contributed by atoms with van der Waals surface area (Å²) in [5.74, 6) is -2.66. The zero-order valence-electron chi connectivity index (χ0n) is 9.62. The third-order valence-corrected chi connectivity index (χ3v) is 4.03. The second kappa shape index (κ2) is 2.81. The molecule has 0 nitrogen and oxygen atoms in total. The van der Waals surface area contributed by atoms with Gasteiger partial charge in [-0.1, -0.05) is 19.1 Å². The Morgan fingerprint density at radius 2 is 1.80 bits per heavy atom. The van der Waals surface area contributed by atoms with Gasteiger partial charge in [-0.05, 0) is 43.9 Å². The molecule has 1 aliphatic rings. The topological polar surface area (TPSA) is 0 Å². The maximum Gasteiger partial charge on any atom is 0.282 e. The van der Waals surface area contributed by atoms with Crippen LogP contribution in [0.4, 0.5) is 8.78 Å². The Labute approximate surface area is 89.3 Å². The van der Waals surface area contributed by atoms with Crippen molar-refractivity contribution in [1.29, 1.82) is 0 Å². The predicted octanol–water partition coefficient (Wildman–Crippen LogP) is 4.08. The van der Waals surface area contributed by atoms with Crippen LogP contribution in [0.15, 0.2) is 12.1 Å². The van der Waals surface area contributed by atoms with Crippen LogP contribution >= 0.6 is 0 Å². The fraction of sp³-hybridized carbons (Fsp3) is 0.538. The normalized spacial score (nSPS) is 27.1. The van der Waals surface area contributed by atoms with Crippen molar-refractivity contribution < 1.29 is 8.78 Å². The SMILES string of the molecule is CCC1(C)c2c(ccc(C)c2C)C1(F)F. The first kappa shape index (κ1) is 10.6. The first-order valence-electron chi connectivity index (χ1n) is 5.35. The van der Waals surface area contributed by atoms with Gasteiger partial charge in [0.1, 0.15) is 0 Å². The molecule has 0 heterocycles. The molecule has 1 aromatic carbocycles. The van der Waals surface area contributed by atoms with Gasteiger partial charge in [-0.25, -0.2) is 8.78 Å². The summed E-state index contributed by atoms with van der Waals surface area (Å²) in [5, 5.41) is 0. The molecule has 0 bridgehead atoms. The second-order valence-corrected chi connectivity index (χ2v) is 4.69. The van der Waals surface area contributed by atoms with E-state index in [0.29, 0.717) is 6.42 Å². The Morgan fingerprint density at radius 3 is 2.33 bits per heavy atom. The van der Waals surface area contributed by atoms with E-state index in [1.165, 1.54) is 0 Å². The lowest BCUT2D eigenvalue weighted by Gasteiger charge is -2.49. The predicted molar refractivity (Wildman–Crippen MR) is 57.5 cm³/mol. The molecule has 15 heavy (non-hydrogen) atoms. The van der Waals surface area contributed by atoms with Gasteiger partial charge >= 0.3 is 0 Å². The fourth-order valence-corrected chi connectivity index (χ4v) is 2.58. The number of rotatable bonds is 1. The summed E-state index contributed by atoms with van der Waals surface area (Å²) in [6.45, 7) is 7.42. The minimum atomic E-state index is -2.66. The average molecular weight is 210 g/mol. The smallest absolute Gasteiger partial charge is 0.200 e. The van der Waals surface area contributed by atoms with E-state index in [9.17, 15) is 8.78 Å². The second-order valence-electron chi connectivity index (χ2n) is 4.69. The molecule has 2 rings (SSSR count). The van der Waals surface area contributed by atoms with E-state index in [-0.39, 0.29) is 5.56 Å². The van der Waals surface area contributed by atoms with Gasteiger partial charge in [-0.3, -0.25) is 0 Å². The van der Waals surface area contributed by atoms with E-state index in [1.807, 2.05) is 20.8 Å². The maximum absolute atomic E-state index is 13.9. The Morgan fingerprint density at radius 1 is 1.20 bits per heavy atom. The van der Waals surface area contributed by atoms with Crippen LogP contribution < -0.4 is 0 Å². The van der Waals surface area contributed by atoms with Gasteiger partial charge < -0.3 is 0 Å². The molecule has 2 heteroatoms. The fourth-order valence-electron chi connectivity index (χ4n) is 2.58. The minimum Gasteiger partial charge on any atom is -0.200 e. The van der Waals surface area contributed by atoms with E-state index >= 15 is 0 Å². The minimum absolute atomic E-state index is 0.231. The van der Waals surface area contributed by atoms with Gasteiger partial charge in [0, 0.05) is 5.56 Å². The molecule has 0 amide bonds. The first-order chi connectivity index (χ1) is 6.86. The van der Waals surface area contributed by atoms with Crippen LogP contribution in [-0.4, -0.2) is 0 Å². The molecular formula is C13H16F2. The standard InChI is InChI=1S/C13H16F2/c1-5-12(4)11-9(3)8(2)6-7-10(11)13(12,14)15/h6-7H,5H2,1-4H3. The van der Waals surface area contributed by atoms with Crippen LogP contribution in [0.1, 0.15) is 42.5 Å². The molecule has 0 spiro atoms. The van der Waals surface area contributed by atoms with Gasteiger partial charge in [0.2, 0.25) is 0 Å². The van der Waals surface area contributed by atoms with Crippen LogP contribution in [0, 0.1) is 13.8 Å². The van der Waals surface area contributed by atoms with Crippen LogP contribution in [0.3, 0.4) is 0 Å². The highest BCUT2D eigenvalue weighted by molar-refractivity contribution is 5.56. The monoisotopic (exact) mass is 210 g/mol. The van der Waals surface area contributed by atoms with Crippen molar-refractivity contribution in [3.8, 4) is 0 Å². The Hall–Kier alpha value is -0.920. The van der Waals surface area contributed by atoms with Crippen molar-refractivity contribution in [1.82, 2.24) is 0 Å². The van der Waals surface area contributed by atoms with Gasteiger partial charge in [-0.15, -0.1) is 0 Å². The third-order valence-electron chi connectivity index (χ3n) is 4.03. The number of halogens is 2. The summed E-state index contributed by atoms with van der Waals surface area (Å²) < 4.78 is 27.8. The molecule has 82 valence electrons. The number of fused-ring (bicyclic) bond motifs is 1. The summed E-state index contributed by atoms with van der Waals surface area (Å²) >= 11 is 0.